The minimum Gasteiger partial charge on any atom is -0.354 e. The molecule has 2 rings (SSSR count). The number of alkyl halides is 3. The van der Waals surface area contributed by atoms with E-state index in [2.05, 4.69) is 15.4 Å². The maximum absolute atomic E-state index is 12.4. The van der Waals surface area contributed by atoms with Crippen molar-refractivity contribution < 1.29 is 18.0 Å². The first-order valence-electron chi connectivity index (χ1n) is 6.20. The molecule has 0 radical (unpaired) electrons. The molecule has 0 saturated heterocycles. The van der Waals surface area contributed by atoms with Gasteiger partial charge in [0.2, 0.25) is 5.91 Å². The lowest BCUT2D eigenvalue weighted by atomic mass is 10.1. The van der Waals surface area contributed by atoms with E-state index < -0.39 is 11.7 Å². The van der Waals surface area contributed by atoms with Gasteiger partial charge in [-0.2, -0.15) is 18.3 Å². The molecule has 0 aliphatic carbocycles. The Bertz CT molecular complexity index is 578. The Balaban J connectivity index is 1.77. The molecule has 0 fully saturated rings. The van der Waals surface area contributed by atoms with E-state index in [0.29, 0.717) is 13.0 Å². The van der Waals surface area contributed by atoms with Crippen LogP contribution in [0.1, 0.15) is 11.1 Å². The fourth-order valence-corrected chi connectivity index (χ4v) is 1.72. The zero-order chi connectivity index (χ0) is 15.3. The van der Waals surface area contributed by atoms with Crippen LogP contribution in [0.3, 0.4) is 0 Å². The van der Waals surface area contributed by atoms with Crippen molar-refractivity contribution in [1.29, 1.82) is 0 Å². The molecule has 0 unspecified atom stereocenters. The number of aromatic nitrogens is 3. The lowest BCUT2D eigenvalue weighted by molar-refractivity contribution is -0.137. The van der Waals surface area contributed by atoms with E-state index in [0.717, 1.165) is 17.7 Å². The second kappa shape index (κ2) is 6.38. The molecule has 8 heteroatoms. The largest absolute Gasteiger partial charge is 0.416 e. The molecular formula is C13H13F3N4O. The number of nitrogens with one attached hydrogen (secondary N) is 1. The van der Waals surface area contributed by atoms with Crippen LogP contribution in [0, 0.1) is 0 Å². The predicted octanol–water partition coefficient (Wildman–Crippen LogP) is 1.66. The van der Waals surface area contributed by atoms with E-state index in [9.17, 15) is 18.0 Å². The van der Waals surface area contributed by atoms with Gasteiger partial charge in [0.15, 0.2) is 0 Å². The third kappa shape index (κ3) is 4.59. The standard InChI is InChI=1S/C13H13F3N4O/c14-13(15,16)11-3-1-10(2-4-11)5-6-18-12(21)7-20-9-17-8-19-20/h1-4,8-9H,5-7H2,(H,18,21). The highest BCUT2D eigenvalue weighted by Gasteiger charge is 2.29. The number of hydrogen-bond donors (Lipinski definition) is 1. The quantitative estimate of drug-likeness (QED) is 0.913. The molecule has 5 nitrogen and oxygen atoms in total. The van der Waals surface area contributed by atoms with Gasteiger partial charge in [-0.3, -0.25) is 4.79 Å². The van der Waals surface area contributed by atoms with Crippen molar-refractivity contribution in [2.45, 2.75) is 19.1 Å². The Hall–Kier alpha value is -2.38. The summed E-state index contributed by atoms with van der Waals surface area (Å²) in [6.07, 6.45) is -1.11. The minimum absolute atomic E-state index is 0.0625. The van der Waals surface area contributed by atoms with E-state index in [4.69, 9.17) is 0 Å². The smallest absolute Gasteiger partial charge is 0.354 e. The first-order valence-corrected chi connectivity index (χ1v) is 6.20. The first kappa shape index (κ1) is 15.0. The Labute approximate surface area is 118 Å². The van der Waals surface area contributed by atoms with Gasteiger partial charge in [0, 0.05) is 6.54 Å². The summed E-state index contributed by atoms with van der Waals surface area (Å²) in [5, 5.41) is 6.46. The van der Waals surface area contributed by atoms with Gasteiger partial charge in [0.25, 0.3) is 0 Å². The molecule has 1 heterocycles. The van der Waals surface area contributed by atoms with Crippen LogP contribution in [0.4, 0.5) is 13.2 Å². The Kier molecular flexibility index (Phi) is 4.56. The molecule has 0 aliphatic heterocycles. The summed E-state index contributed by atoms with van der Waals surface area (Å²) < 4.78 is 38.5. The van der Waals surface area contributed by atoms with Gasteiger partial charge in [-0.15, -0.1) is 0 Å². The van der Waals surface area contributed by atoms with Gasteiger partial charge >= 0.3 is 6.18 Å². The zero-order valence-electron chi connectivity index (χ0n) is 11.0. The summed E-state index contributed by atoms with van der Waals surface area (Å²) in [5.41, 5.74) is 0.0468. The molecule has 1 N–H and O–H groups in total. The highest BCUT2D eigenvalue weighted by molar-refractivity contribution is 5.75. The number of halogens is 3. The van der Waals surface area contributed by atoms with Gasteiger partial charge < -0.3 is 5.32 Å². The maximum Gasteiger partial charge on any atom is 0.416 e. The van der Waals surface area contributed by atoms with Crippen LogP contribution in [-0.2, 0) is 23.9 Å². The number of nitrogens with zero attached hydrogens (tertiary/aromatic N) is 3. The molecule has 0 aliphatic rings. The molecule has 1 aromatic heterocycles. The SMILES string of the molecule is O=C(Cn1cncn1)NCCc1ccc(C(F)(F)F)cc1. The number of carbonyl (C=O) groups excluding carboxylic acids is 1. The van der Waals surface area contributed by atoms with Crippen molar-refractivity contribution in [1.82, 2.24) is 20.1 Å². The molecule has 1 aromatic carbocycles. The van der Waals surface area contributed by atoms with E-state index in [-0.39, 0.29) is 12.5 Å². The van der Waals surface area contributed by atoms with Crippen LogP contribution in [-0.4, -0.2) is 27.2 Å². The highest BCUT2D eigenvalue weighted by Crippen LogP contribution is 2.29. The summed E-state index contributed by atoms with van der Waals surface area (Å²) in [5.74, 6) is -0.229. The Morgan fingerprint density at radius 3 is 2.52 bits per heavy atom. The van der Waals surface area contributed by atoms with Gasteiger partial charge in [-0.1, -0.05) is 12.1 Å². The summed E-state index contributed by atoms with van der Waals surface area (Å²) in [6, 6.07) is 4.89. The van der Waals surface area contributed by atoms with Crippen LogP contribution < -0.4 is 5.32 Å². The zero-order valence-corrected chi connectivity index (χ0v) is 11.0. The monoisotopic (exact) mass is 298 g/mol. The average molecular weight is 298 g/mol. The summed E-state index contributed by atoms with van der Waals surface area (Å²) in [7, 11) is 0. The normalized spacial score (nSPS) is 11.4. The fourth-order valence-electron chi connectivity index (χ4n) is 1.72. The molecule has 1 amide bonds. The number of amides is 1. The summed E-state index contributed by atoms with van der Waals surface area (Å²) in [4.78, 5) is 15.2. The van der Waals surface area contributed by atoms with Crippen molar-refractivity contribution in [3.05, 3.63) is 48.0 Å². The summed E-state index contributed by atoms with van der Waals surface area (Å²) in [6.45, 7) is 0.409. The van der Waals surface area contributed by atoms with Crippen molar-refractivity contribution in [2.75, 3.05) is 6.54 Å². The molecule has 0 spiro atoms. The van der Waals surface area contributed by atoms with Crippen molar-refractivity contribution in [3.63, 3.8) is 0 Å². The topological polar surface area (TPSA) is 59.8 Å². The van der Waals surface area contributed by atoms with Crippen LogP contribution >= 0.6 is 0 Å². The number of rotatable bonds is 5. The molecule has 0 saturated carbocycles. The van der Waals surface area contributed by atoms with Gasteiger partial charge in [-0.25, -0.2) is 9.67 Å². The fraction of sp³-hybridized carbons (Fsp3) is 0.308. The van der Waals surface area contributed by atoms with E-state index in [1.165, 1.54) is 29.5 Å². The average Bonchev–Trinajstić information content (AvgIpc) is 2.91. The van der Waals surface area contributed by atoms with Crippen LogP contribution in [0.15, 0.2) is 36.9 Å². The van der Waals surface area contributed by atoms with Gasteiger partial charge in [0.05, 0.1) is 5.56 Å². The van der Waals surface area contributed by atoms with E-state index in [1.807, 2.05) is 0 Å². The lowest BCUT2D eigenvalue weighted by Gasteiger charge is -2.08. The molecule has 112 valence electrons. The maximum atomic E-state index is 12.4. The Morgan fingerprint density at radius 2 is 1.95 bits per heavy atom. The molecular weight excluding hydrogens is 285 g/mol. The van der Waals surface area contributed by atoms with Crippen LogP contribution in [0.25, 0.3) is 0 Å². The van der Waals surface area contributed by atoms with Crippen LogP contribution in [0.5, 0.6) is 0 Å². The van der Waals surface area contributed by atoms with Crippen LogP contribution in [0.2, 0.25) is 0 Å². The molecule has 0 bridgehead atoms. The predicted molar refractivity (Wildman–Crippen MR) is 68.2 cm³/mol. The number of hydrogen-bond acceptors (Lipinski definition) is 3. The third-order valence-corrected chi connectivity index (χ3v) is 2.79. The van der Waals surface area contributed by atoms with Crippen molar-refractivity contribution in [2.24, 2.45) is 0 Å². The second-order valence-electron chi connectivity index (χ2n) is 4.39. The molecule has 21 heavy (non-hydrogen) atoms. The number of carbonyl (C=O) groups is 1. The van der Waals surface area contributed by atoms with Gasteiger partial charge in [0.1, 0.15) is 19.2 Å². The third-order valence-electron chi connectivity index (χ3n) is 2.79. The Morgan fingerprint density at radius 1 is 1.24 bits per heavy atom. The van der Waals surface area contributed by atoms with Crippen molar-refractivity contribution >= 4 is 5.91 Å². The minimum atomic E-state index is -4.33. The summed E-state index contributed by atoms with van der Waals surface area (Å²) >= 11 is 0. The van der Waals surface area contributed by atoms with E-state index >= 15 is 0 Å². The second-order valence-corrected chi connectivity index (χ2v) is 4.39. The highest BCUT2D eigenvalue weighted by atomic mass is 19.4. The van der Waals surface area contributed by atoms with E-state index in [1.54, 1.807) is 0 Å². The van der Waals surface area contributed by atoms with Crippen molar-refractivity contribution in [3.8, 4) is 0 Å². The molecule has 2 aromatic rings. The van der Waals surface area contributed by atoms with Gasteiger partial charge in [-0.05, 0) is 24.1 Å². The lowest BCUT2D eigenvalue weighted by Crippen LogP contribution is -2.29. The number of benzene rings is 1. The molecule has 0 atom stereocenters. The first-order chi connectivity index (χ1) is 9.95.